The number of nitrogens with zero attached hydrogens (tertiary/aromatic N) is 2. The largest absolute Gasteiger partial charge is 0.366 e. The number of hydrogen-bond donors (Lipinski definition) is 1. The van der Waals surface area contributed by atoms with Gasteiger partial charge in [-0.25, -0.2) is 0 Å². The third-order valence-electron chi connectivity index (χ3n) is 7.41. The smallest absolute Gasteiger partial charge is 0.246 e. The highest BCUT2D eigenvalue weighted by atomic mass is 32.1. The van der Waals surface area contributed by atoms with Gasteiger partial charge in [-0.2, -0.15) is 0 Å². The van der Waals surface area contributed by atoms with Gasteiger partial charge in [-0.1, -0.05) is 64.7 Å². The molecule has 5 heteroatoms. The molecule has 2 fully saturated rings. The summed E-state index contributed by atoms with van der Waals surface area (Å²) in [4.78, 5) is 18.2. The van der Waals surface area contributed by atoms with Crippen molar-refractivity contribution in [1.29, 1.82) is 0 Å². The minimum absolute atomic E-state index is 0.177. The maximum Gasteiger partial charge on any atom is 0.246 e. The summed E-state index contributed by atoms with van der Waals surface area (Å²) in [5.74, 6) is 1.99. The zero-order valence-corrected chi connectivity index (χ0v) is 20.7. The predicted octanol–water partition coefficient (Wildman–Crippen LogP) is 5.62. The standard InChI is InChI=1S/C26H41N3OS/c1-19(2)23-16-15-20(3)17-24(23)28(26(31)27-4)18-25(30)29(21-11-7-5-8-12-21)22-13-9-6-10-14-22/h5,7-8,11-12,19-20,22-24H,6,9-10,13-18H2,1-4H3,(H,27,31)/t20-,23+,24?/m0/s1. The molecule has 3 atom stereocenters. The van der Waals surface area contributed by atoms with Crippen molar-refractivity contribution in [3.8, 4) is 0 Å². The van der Waals surface area contributed by atoms with Crippen LogP contribution >= 0.6 is 12.2 Å². The van der Waals surface area contributed by atoms with Crippen molar-refractivity contribution >= 4 is 28.9 Å². The van der Waals surface area contributed by atoms with Crippen molar-refractivity contribution in [3.63, 3.8) is 0 Å². The Hall–Kier alpha value is -1.62. The Morgan fingerprint density at radius 1 is 1.10 bits per heavy atom. The van der Waals surface area contributed by atoms with Crippen LogP contribution in [-0.2, 0) is 4.79 Å². The zero-order chi connectivity index (χ0) is 22.4. The lowest BCUT2D eigenvalue weighted by Gasteiger charge is -2.45. The first-order valence-corrected chi connectivity index (χ1v) is 12.7. The number of thiocarbonyl (C=S) groups is 1. The Balaban J connectivity index is 1.87. The number of para-hydroxylation sites is 1. The molecule has 2 aliphatic rings. The summed E-state index contributed by atoms with van der Waals surface area (Å²) < 4.78 is 0. The molecule has 0 spiro atoms. The number of benzene rings is 1. The van der Waals surface area contributed by atoms with Crippen LogP contribution in [0.5, 0.6) is 0 Å². The molecule has 2 saturated carbocycles. The summed E-state index contributed by atoms with van der Waals surface area (Å²) in [5.41, 5.74) is 1.02. The van der Waals surface area contributed by atoms with Crippen LogP contribution in [0.25, 0.3) is 0 Å². The molecule has 0 heterocycles. The monoisotopic (exact) mass is 443 g/mol. The Morgan fingerprint density at radius 3 is 2.39 bits per heavy atom. The molecular weight excluding hydrogens is 402 g/mol. The van der Waals surface area contributed by atoms with Gasteiger partial charge in [0.25, 0.3) is 0 Å². The molecule has 0 saturated heterocycles. The van der Waals surface area contributed by atoms with Crippen LogP contribution in [0.4, 0.5) is 5.69 Å². The van der Waals surface area contributed by atoms with Gasteiger partial charge in [0.15, 0.2) is 5.11 Å². The van der Waals surface area contributed by atoms with E-state index in [1.165, 1.54) is 32.1 Å². The van der Waals surface area contributed by atoms with Gasteiger partial charge in [0.05, 0.1) is 6.54 Å². The summed E-state index contributed by atoms with van der Waals surface area (Å²) in [7, 11) is 1.88. The Labute approximate surface area is 194 Å². The van der Waals surface area contributed by atoms with Gasteiger partial charge in [-0.15, -0.1) is 0 Å². The predicted molar refractivity (Wildman–Crippen MR) is 134 cm³/mol. The quantitative estimate of drug-likeness (QED) is 0.579. The number of hydrogen-bond acceptors (Lipinski definition) is 2. The molecule has 1 amide bonds. The van der Waals surface area contributed by atoms with E-state index in [2.05, 4.69) is 48.0 Å². The molecule has 1 aromatic rings. The molecule has 0 aromatic heterocycles. The molecule has 0 bridgehead atoms. The van der Waals surface area contributed by atoms with Gasteiger partial charge < -0.3 is 15.1 Å². The van der Waals surface area contributed by atoms with Crippen LogP contribution in [-0.4, -0.2) is 41.6 Å². The molecule has 1 unspecified atom stereocenters. The molecule has 0 aliphatic heterocycles. The van der Waals surface area contributed by atoms with Gasteiger partial charge in [0, 0.05) is 24.8 Å². The summed E-state index contributed by atoms with van der Waals surface area (Å²) in [5, 5.41) is 3.89. The summed E-state index contributed by atoms with van der Waals surface area (Å²) in [6.07, 6.45) is 9.45. The highest BCUT2D eigenvalue weighted by molar-refractivity contribution is 7.80. The number of carbonyl (C=O) groups excluding carboxylic acids is 1. The van der Waals surface area contributed by atoms with E-state index < -0.39 is 0 Å². The fourth-order valence-electron chi connectivity index (χ4n) is 5.70. The van der Waals surface area contributed by atoms with E-state index in [1.807, 2.05) is 25.2 Å². The molecule has 4 nitrogen and oxygen atoms in total. The van der Waals surface area contributed by atoms with Gasteiger partial charge in [-0.3, -0.25) is 4.79 Å². The van der Waals surface area contributed by atoms with Crippen LogP contribution in [0.1, 0.15) is 72.1 Å². The first kappa shape index (κ1) is 24.0. The number of rotatable bonds is 6. The van der Waals surface area contributed by atoms with Gasteiger partial charge >= 0.3 is 0 Å². The maximum atomic E-state index is 13.9. The molecule has 3 rings (SSSR count). The van der Waals surface area contributed by atoms with Crippen LogP contribution in [0, 0.1) is 17.8 Å². The van der Waals surface area contributed by atoms with Crippen molar-refractivity contribution in [3.05, 3.63) is 30.3 Å². The highest BCUT2D eigenvalue weighted by Gasteiger charge is 2.38. The molecule has 172 valence electrons. The van der Waals surface area contributed by atoms with Crippen LogP contribution < -0.4 is 10.2 Å². The molecule has 0 radical (unpaired) electrons. The van der Waals surface area contributed by atoms with Crippen molar-refractivity contribution < 1.29 is 4.79 Å². The normalized spacial score (nSPS) is 24.6. The van der Waals surface area contributed by atoms with E-state index in [0.717, 1.165) is 24.9 Å². The average molecular weight is 444 g/mol. The second kappa shape index (κ2) is 11.3. The maximum absolute atomic E-state index is 13.9. The highest BCUT2D eigenvalue weighted by Crippen LogP contribution is 2.37. The third kappa shape index (κ3) is 6.00. The van der Waals surface area contributed by atoms with E-state index in [1.54, 1.807) is 0 Å². The summed E-state index contributed by atoms with van der Waals surface area (Å²) in [6, 6.07) is 10.8. The molecule has 1 aromatic carbocycles. The first-order chi connectivity index (χ1) is 14.9. The molecule has 2 aliphatic carbocycles. The van der Waals surface area contributed by atoms with Crippen LogP contribution in [0.2, 0.25) is 0 Å². The van der Waals surface area contributed by atoms with E-state index in [4.69, 9.17) is 12.2 Å². The van der Waals surface area contributed by atoms with Crippen LogP contribution in [0.3, 0.4) is 0 Å². The lowest BCUT2D eigenvalue weighted by Crippen LogP contribution is -2.56. The SMILES string of the molecule is CNC(=S)N(CC(=O)N(c1ccccc1)C1CCCCC1)C1C[C@@H](C)CC[C@@H]1C(C)C. The van der Waals surface area contributed by atoms with E-state index in [-0.39, 0.29) is 5.91 Å². The summed E-state index contributed by atoms with van der Waals surface area (Å²) in [6.45, 7) is 7.32. The van der Waals surface area contributed by atoms with Gasteiger partial charge in [-0.05, 0) is 67.8 Å². The van der Waals surface area contributed by atoms with Gasteiger partial charge in [0.2, 0.25) is 5.91 Å². The second-order valence-corrected chi connectivity index (χ2v) is 10.4. The average Bonchev–Trinajstić information content (AvgIpc) is 2.78. The van der Waals surface area contributed by atoms with E-state index in [0.29, 0.717) is 41.5 Å². The first-order valence-electron chi connectivity index (χ1n) is 12.3. The minimum atomic E-state index is 0.177. The Morgan fingerprint density at radius 2 is 1.77 bits per heavy atom. The molecule has 1 N–H and O–H groups in total. The fraction of sp³-hybridized carbons (Fsp3) is 0.692. The zero-order valence-electron chi connectivity index (χ0n) is 19.8. The molecule has 31 heavy (non-hydrogen) atoms. The second-order valence-electron chi connectivity index (χ2n) is 9.97. The number of amides is 1. The fourth-order valence-corrected chi connectivity index (χ4v) is 5.90. The minimum Gasteiger partial charge on any atom is -0.366 e. The van der Waals surface area contributed by atoms with E-state index >= 15 is 0 Å². The topological polar surface area (TPSA) is 35.6 Å². The van der Waals surface area contributed by atoms with Crippen LogP contribution in [0.15, 0.2) is 30.3 Å². The Kier molecular flexibility index (Phi) is 8.76. The van der Waals surface area contributed by atoms with Crippen molar-refractivity contribution in [2.75, 3.05) is 18.5 Å². The van der Waals surface area contributed by atoms with Crippen molar-refractivity contribution in [1.82, 2.24) is 10.2 Å². The lowest BCUT2D eigenvalue weighted by molar-refractivity contribution is -0.120. The number of carbonyl (C=O) groups is 1. The van der Waals surface area contributed by atoms with Crippen molar-refractivity contribution in [2.24, 2.45) is 17.8 Å². The molecular formula is C26H41N3OS. The number of nitrogens with one attached hydrogen (secondary N) is 1. The lowest BCUT2D eigenvalue weighted by atomic mass is 9.73. The van der Waals surface area contributed by atoms with Crippen molar-refractivity contribution in [2.45, 2.75) is 84.2 Å². The number of anilines is 1. The third-order valence-corrected chi connectivity index (χ3v) is 7.85. The summed E-state index contributed by atoms with van der Waals surface area (Å²) >= 11 is 5.76. The Bertz CT molecular complexity index is 717. The van der Waals surface area contributed by atoms with E-state index in [9.17, 15) is 4.79 Å². The van der Waals surface area contributed by atoms with Gasteiger partial charge in [0.1, 0.15) is 0 Å².